The van der Waals surface area contributed by atoms with Crippen LogP contribution in [0, 0.1) is 0 Å². The number of hydrogen-bond acceptors (Lipinski definition) is 6. The number of hydrogen-bond donors (Lipinski definition) is 1. The summed E-state index contributed by atoms with van der Waals surface area (Å²) in [6, 6.07) is 8.36. The summed E-state index contributed by atoms with van der Waals surface area (Å²) in [5.41, 5.74) is 2.35. The third kappa shape index (κ3) is 6.64. The number of imidazole rings is 1. The number of amides is 1. The minimum absolute atomic E-state index is 0.0356. The van der Waals surface area contributed by atoms with Gasteiger partial charge in [0.2, 0.25) is 0 Å². The van der Waals surface area contributed by atoms with E-state index in [1.807, 2.05) is 25.7 Å². The van der Waals surface area contributed by atoms with Crippen molar-refractivity contribution in [1.29, 1.82) is 0 Å². The van der Waals surface area contributed by atoms with E-state index < -0.39 is 11.7 Å². The number of benzene rings is 1. The number of nitrogens with zero attached hydrogens (tertiary/aromatic N) is 6. The van der Waals surface area contributed by atoms with Gasteiger partial charge in [-0.2, -0.15) is 23.4 Å². The van der Waals surface area contributed by atoms with Crippen LogP contribution in [-0.2, 0) is 11.6 Å². The Kier molecular flexibility index (Phi) is 8.08. The molecule has 1 amide bonds. The van der Waals surface area contributed by atoms with Crippen LogP contribution in [0.3, 0.4) is 0 Å². The van der Waals surface area contributed by atoms with E-state index in [0.717, 1.165) is 37.3 Å². The maximum atomic E-state index is 12.7. The number of carbonyl (C=O) groups is 2. The fourth-order valence-corrected chi connectivity index (χ4v) is 4.53. The van der Waals surface area contributed by atoms with Gasteiger partial charge in [-0.1, -0.05) is 32.9 Å². The minimum atomic E-state index is -4.38. The summed E-state index contributed by atoms with van der Waals surface area (Å²) in [4.78, 5) is 31.5. The number of rotatable bonds is 3. The largest absolute Gasteiger partial charge is 0.416 e. The van der Waals surface area contributed by atoms with Crippen LogP contribution in [0.5, 0.6) is 0 Å². The highest BCUT2D eigenvalue weighted by molar-refractivity contribution is 5.92. The van der Waals surface area contributed by atoms with E-state index in [-0.39, 0.29) is 22.6 Å². The number of carbonyl (C=O) groups excluding carboxylic acids is 2. The van der Waals surface area contributed by atoms with Crippen LogP contribution >= 0.6 is 0 Å². The molecule has 9 nitrogen and oxygen atoms in total. The van der Waals surface area contributed by atoms with Crippen LogP contribution in [0.25, 0.3) is 16.9 Å². The average molecular weight is 570 g/mol. The van der Waals surface area contributed by atoms with Crippen molar-refractivity contribution in [3.63, 3.8) is 0 Å². The lowest BCUT2D eigenvalue weighted by Gasteiger charge is -2.45. The molecular formula is C29H34F3N7O2. The molecule has 0 bridgehead atoms. The lowest BCUT2D eigenvalue weighted by molar-refractivity contribution is -0.137. The number of aldehydes is 1. The highest BCUT2D eigenvalue weighted by atomic mass is 19.4. The number of aromatic nitrogens is 5. The Hall–Kier alpha value is -4.06. The van der Waals surface area contributed by atoms with Gasteiger partial charge in [-0.3, -0.25) is 19.6 Å². The maximum Gasteiger partial charge on any atom is 0.416 e. The monoisotopic (exact) mass is 569 g/mol. The Morgan fingerprint density at radius 2 is 1.76 bits per heavy atom. The Balaban J connectivity index is 0.000000208. The second-order valence-electron chi connectivity index (χ2n) is 11.8. The van der Waals surface area contributed by atoms with E-state index >= 15 is 0 Å². The number of likely N-dealkylation sites (N-methyl/N-ethyl adjacent to an activating group) is 1. The predicted molar refractivity (Wildman–Crippen MR) is 149 cm³/mol. The van der Waals surface area contributed by atoms with E-state index in [1.165, 1.54) is 22.8 Å². The van der Waals surface area contributed by atoms with Crippen molar-refractivity contribution < 1.29 is 22.8 Å². The molecule has 4 aromatic rings. The third-order valence-electron chi connectivity index (χ3n) is 7.22. The van der Waals surface area contributed by atoms with Crippen LogP contribution in [0.2, 0.25) is 0 Å². The van der Waals surface area contributed by atoms with Crippen LogP contribution in [0.4, 0.5) is 13.2 Å². The van der Waals surface area contributed by atoms with Crippen molar-refractivity contribution >= 4 is 17.8 Å². The SMILES string of the molecule is CC(C)(C)c1cc(-c2ccc(C(F)(F)F)cc2)nn2cc(C=O)nc12.CN1CCN(C(=O)c2ccn[nH]2)CC1(C)C. The van der Waals surface area contributed by atoms with Gasteiger partial charge in [0, 0.05) is 42.5 Å². The molecule has 0 radical (unpaired) electrons. The fourth-order valence-electron chi connectivity index (χ4n) is 4.53. The molecule has 1 fully saturated rings. The van der Waals surface area contributed by atoms with Gasteiger partial charge in [-0.25, -0.2) is 9.50 Å². The molecule has 5 rings (SSSR count). The summed E-state index contributed by atoms with van der Waals surface area (Å²) in [5, 5.41) is 10.9. The smallest absolute Gasteiger partial charge is 0.334 e. The average Bonchev–Trinajstić information content (AvgIpc) is 3.59. The van der Waals surface area contributed by atoms with E-state index in [9.17, 15) is 22.8 Å². The van der Waals surface area contributed by atoms with Gasteiger partial charge in [-0.05, 0) is 50.6 Å². The quantitative estimate of drug-likeness (QED) is 0.345. The van der Waals surface area contributed by atoms with Crippen LogP contribution in [0.1, 0.15) is 66.7 Å². The Labute approximate surface area is 236 Å². The number of halogens is 3. The van der Waals surface area contributed by atoms with Crippen LogP contribution in [0.15, 0.2) is 48.8 Å². The first-order chi connectivity index (χ1) is 19.1. The van der Waals surface area contributed by atoms with Crippen molar-refractivity contribution in [1.82, 2.24) is 34.6 Å². The Morgan fingerprint density at radius 1 is 1.07 bits per heavy atom. The molecule has 1 saturated heterocycles. The number of piperazine rings is 1. The maximum absolute atomic E-state index is 12.7. The summed E-state index contributed by atoms with van der Waals surface area (Å²) in [6.07, 6.45) is -0.631. The van der Waals surface area contributed by atoms with Crippen molar-refractivity contribution in [2.24, 2.45) is 0 Å². The van der Waals surface area contributed by atoms with Gasteiger partial charge in [0.1, 0.15) is 11.4 Å². The molecule has 1 aliphatic heterocycles. The number of alkyl halides is 3. The number of H-pyrrole nitrogens is 1. The van der Waals surface area contributed by atoms with Crippen LogP contribution in [-0.4, -0.2) is 79.0 Å². The molecule has 4 heterocycles. The molecule has 1 aliphatic rings. The summed E-state index contributed by atoms with van der Waals surface area (Å²) >= 11 is 0. The van der Waals surface area contributed by atoms with Crippen molar-refractivity contribution in [3.05, 3.63) is 71.3 Å². The number of nitrogens with one attached hydrogen (secondary N) is 1. The lowest BCUT2D eigenvalue weighted by atomic mass is 9.87. The molecule has 218 valence electrons. The first kappa shape index (κ1) is 29.9. The van der Waals surface area contributed by atoms with Gasteiger partial charge in [0.15, 0.2) is 11.9 Å². The van der Waals surface area contributed by atoms with Gasteiger partial charge < -0.3 is 4.90 Å². The second kappa shape index (κ2) is 11.1. The molecule has 0 atom stereocenters. The molecule has 0 aliphatic carbocycles. The molecular weight excluding hydrogens is 535 g/mol. The minimum Gasteiger partial charge on any atom is -0.334 e. The molecule has 0 spiro atoms. The molecule has 1 aromatic carbocycles. The normalized spacial score (nSPS) is 15.9. The lowest BCUT2D eigenvalue weighted by Crippen LogP contribution is -2.58. The van der Waals surface area contributed by atoms with E-state index in [0.29, 0.717) is 28.9 Å². The zero-order valence-electron chi connectivity index (χ0n) is 24.0. The van der Waals surface area contributed by atoms with Crippen molar-refractivity contribution in [2.75, 3.05) is 26.7 Å². The zero-order valence-corrected chi connectivity index (χ0v) is 24.0. The van der Waals surface area contributed by atoms with Gasteiger partial charge in [-0.15, -0.1) is 0 Å². The molecule has 3 aromatic heterocycles. The van der Waals surface area contributed by atoms with Crippen LogP contribution < -0.4 is 0 Å². The molecule has 41 heavy (non-hydrogen) atoms. The highest BCUT2D eigenvalue weighted by Gasteiger charge is 2.34. The standard InChI is InChI=1S/C18H16F3N3O.C11H18N4O/c1-17(2,3)14-8-15(23-24-9-13(10-25)22-16(14)24)11-4-6-12(7-5-11)18(19,20)21;1-11(2)8-15(7-6-14(11)3)10(16)9-4-5-12-13-9/h4-10H,1-3H3;4-5H,6-8H2,1-3H3,(H,12,13). The number of fused-ring (bicyclic) bond motifs is 1. The fraction of sp³-hybridized carbons (Fsp3) is 0.414. The van der Waals surface area contributed by atoms with Gasteiger partial charge >= 0.3 is 6.18 Å². The summed E-state index contributed by atoms with van der Waals surface area (Å²) < 4.78 is 39.7. The first-order valence-corrected chi connectivity index (χ1v) is 13.1. The molecule has 1 N–H and O–H groups in total. The Bertz CT molecular complexity index is 1520. The third-order valence-corrected chi connectivity index (χ3v) is 7.22. The van der Waals surface area contributed by atoms with Crippen molar-refractivity contribution in [2.45, 2.75) is 51.7 Å². The summed E-state index contributed by atoms with van der Waals surface area (Å²) in [6.45, 7) is 12.7. The predicted octanol–water partition coefficient (Wildman–Crippen LogP) is 5.10. The van der Waals surface area contributed by atoms with Gasteiger partial charge in [0.25, 0.3) is 5.91 Å². The van der Waals surface area contributed by atoms with Gasteiger partial charge in [0.05, 0.1) is 17.5 Å². The number of aromatic amines is 1. The molecule has 0 unspecified atom stereocenters. The summed E-state index contributed by atoms with van der Waals surface area (Å²) in [7, 11) is 2.10. The van der Waals surface area contributed by atoms with E-state index in [4.69, 9.17) is 0 Å². The topological polar surface area (TPSA) is 99.5 Å². The highest BCUT2D eigenvalue weighted by Crippen LogP contribution is 2.33. The Morgan fingerprint density at radius 3 is 2.29 bits per heavy atom. The molecule has 12 heteroatoms. The zero-order chi connectivity index (χ0) is 30.2. The van der Waals surface area contributed by atoms with E-state index in [1.54, 1.807) is 18.3 Å². The van der Waals surface area contributed by atoms with E-state index in [2.05, 4.69) is 46.1 Å². The van der Waals surface area contributed by atoms with Crippen molar-refractivity contribution in [3.8, 4) is 11.3 Å². The summed E-state index contributed by atoms with van der Waals surface area (Å²) in [5.74, 6) is 0.0404. The first-order valence-electron chi connectivity index (χ1n) is 13.1. The molecule has 0 saturated carbocycles. The second-order valence-corrected chi connectivity index (χ2v) is 11.8.